The first-order chi connectivity index (χ1) is 9.43. The molecule has 0 amide bonds. The van der Waals surface area contributed by atoms with Crippen LogP contribution in [0.2, 0.25) is 0 Å². The molecule has 94 valence electrons. The Hall–Kier alpha value is -2.20. The lowest BCUT2D eigenvalue weighted by Gasteiger charge is -2.18. The highest BCUT2D eigenvalue weighted by atomic mass is 15.2. The maximum atomic E-state index is 4.52. The van der Waals surface area contributed by atoms with Crippen LogP contribution < -0.4 is 5.32 Å². The summed E-state index contributed by atoms with van der Waals surface area (Å²) in [5.41, 5.74) is 3.44. The zero-order chi connectivity index (χ0) is 12.7. The molecule has 4 rings (SSSR count). The minimum Gasteiger partial charge on any atom is -0.326 e. The van der Waals surface area contributed by atoms with Gasteiger partial charge >= 0.3 is 0 Å². The minimum absolute atomic E-state index is 0.850. The fraction of sp³-hybridized carbons (Fsp3) is 0.200. The van der Waals surface area contributed by atoms with E-state index in [2.05, 4.69) is 38.1 Å². The van der Waals surface area contributed by atoms with E-state index < -0.39 is 0 Å². The number of fused-ring (bicyclic) bond motifs is 2. The van der Waals surface area contributed by atoms with Gasteiger partial charge in [-0.25, -0.2) is 4.98 Å². The first-order valence-electron chi connectivity index (χ1n) is 6.53. The van der Waals surface area contributed by atoms with Crippen LogP contribution in [0.1, 0.15) is 5.82 Å². The Balaban J connectivity index is 1.98. The molecule has 3 aromatic rings. The van der Waals surface area contributed by atoms with Gasteiger partial charge in [0.25, 0.3) is 0 Å². The van der Waals surface area contributed by atoms with Crippen molar-refractivity contribution >= 4 is 10.9 Å². The molecule has 0 atom stereocenters. The number of aromatic nitrogens is 3. The Morgan fingerprint density at radius 3 is 3.11 bits per heavy atom. The summed E-state index contributed by atoms with van der Waals surface area (Å²) in [6, 6.07) is 10.4. The van der Waals surface area contributed by atoms with Gasteiger partial charge < -0.3 is 9.88 Å². The van der Waals surface area contributed by atoms with Gasteiger partial charge in [-0.3, -0.25) is 4.98 Å². The number of nitrogens with one attached hydrogen (secondary N) is 1. The summed E-state index contributed by atoms with van der Waals surface area (Å²) in [7, 11) is 0. The summed E-state index contributed by atoms with van der Waals surface area (Å²) in [5, 5.41) is 4.53. The second kappa shape index (κ2) is 4.17. The van der Waals surface area contributed by atoms with E-state index >= 15 is 0 Å². The van der Waals surface area contributed by atoms with Crippen molar-refractivity contribution in [3.63, 3.8) is 0 Å². The third-order valence-corrected chi connectivity index (χ3v) is 3.66. The zero-order valence-corrected chi connectivity index (χ0v) is 10.5. The second-order valence-corrected chi connectivity index (χ2v) is 4.76. The standard InChI is InChI=1S/C15H14N4/c1-3-12(11-4-2-6-17-13(11)5-1)14-9-18-15-10-16-7-8-19(14)15/h1-6,9,16H,7-8,10H2. The molecule has 0 aliphatic carbocycles. The lowest BCUT2D eigenvalue weighted by molar-refractivity contribution is 0.508. The van der Waals surface area contributed by atoms with E-state index in [1.54, 1.807) is 0 Å². The van der Waals surface area contributed by atoms with Crippen LogP contribution in [-0.4, -0.2) is 21.1 Å². The topological polar surface area (TPSA) is 42.7 Å². The molecule has 0 fully saturated rings. The molecule has 3 heterocycles. The number of benzene rings is 1. The van der Waals surface area contributed by atoms with Crippen LogP contribution >= 0.6 is 0 Å². The van der Waals surface area contributed by atoms with Crippen LogP contribution in [0.4, 0.5) is 0 Å². The Morgan fingerprint density at radius 1 is 1.11 bits per heavy atom. The molecule has 19 heavy (non-hydrogen) atoms. The highest BCUT2D eigenvalue weighted by Crippen LogP contribution is 2.28. The van der Waals surface area contributed by atoms with Crippen molar-refractivity contribution in [2.45, 2.75) is 13.1 Å². The van der Waals surface area contributed by atoms with Gasteiger partial charge in [-0.05, 0) is 12.1 Å². The molecule has 1 aliphatic heterocycles. The molecular formula is C15H14N4. The van der Waals surface area contributed by atoms with Crippen LogP contribution in [0.5, 0.6) is 0 Å². The van der Waals surface area contributed by atoms with Gasteiger partial charge in [-0.15, -0.1) is 0 Å². The number of rotatable bonds is 1. The normalized spacial score (nSPS) is 14.5. The maximum absolute atomic E-state index is 4.52. The van der Waals surface area contributed by atoms with E-state index in [0.717, 1.165) is 31.0 Å². The molecule has 4 nitrogen and oxygen atoms in total. The third kappa shape index (κ3) is 1.64. The van der Waals surface area contributed by atoms with E-state index in [1.165, 1.54) is 16.6 Å². The van der Waals surface area contributed by atoms with E-state index in [1.807, 2.05) is 24.5 Å². The number of hydrogen-bond donors (Lipinski definition) is 1. The maximum Gasteiger partial charge on any atom is 0.123 e. The number of hydrogen-bond acceptors (Lipinski definition) is 3. The molecule has 1 aliphatic rings. The van der Waals surface area contributed by atoms with Crippen LogP contribution in [0, 0.1) is 0 Å². The van der Waals surface area contributed by atoms with Gasteiger partial charge in [-0.2, -0.15) is 0 Å². The molecule has 0 spiro atoms. The van der Waals surface area contributed by atoms with Gasteiger partial charge in [0.05, 0.1) is 24.0 Å². The number of imidazole rings is 1. The largest absolute Gasteiger partial charge is 0.326 e. The third-order valence-electron chi connectivity index (χ3n) is 3.66. The summed E-state index contributed by atoms with van der Waals surface area (Å²) < 4.78 is 2.30. The molecule has 0 unspecified atom stereocenters. The first-order valence-corrected chi connectivity index (χ1v) is 6.53. The molecule has 4 heteroatoms. The van der Waals surface area contributed by atoms with E-state index in [0.29, 0.717) is 0 Å². The van der Waals surface area contributed by atoms with Crippen LogP contribution in [0.3, 0.4) is 0 Å². The van der Waals surface area contributed by atoms with Crippen LogP contribution in [0.15, 0.2) is 42.7 Å². The predicted octanol–water partition coefficient (Wildman–Crippen LogP) is 2.20. The molecule has 0 bridgehead atoms. The SMILES string of the molecule is c1cc(-c2cnc3n2CCNC3)c2cccnc2c1. The van der Waals surface area contributed by atoms with Crippen molar-refractivity contribution < 1.29 is 0 Å². The van der Waals surface area contributed by atoms with Crippen LogP contribution in [-0.2, 0) is 13.1 Å². The number of nitrogens with zero attached hydrogens (tertiary/aromatic N) is 3. The average molecular weight is 250 g/mol. The Morgan fingerprint density at radius 2 is 2.11 bits per heavy atom. The van der Waals surface area contributed by atoms with Crippen molar-refractivity contribution in [2.75, 3.05) is 6.54 Å². The molecule has 0 saturated heterocycles. The van der Waals surface area contributed by atoms with E-state index in [-0.39, 0.29) is 0 Å². The minimum atomic E-state index is 0.850. The van der Waals surface area contributed by atoms with Gasteiger partial charge in [0.15, 0.2) is 0 Å². The zero-order valence-electron chi connectivity index (χ0n) is 10.5. The first kappa shape index (κ1) is 10.7. The smallest absolute Gasteiger partial charge is 0.123 e. The molecular weight excluding hydrogens is 236 g/mol. The monoisotopic (exact) mass is 250 g/mol. The Bertz CT molecular complexity index is 739. The summed E-state index contributed by atoms with van der Waals surface area (Å²) in [6.07, 6.45) is 3.81. The Labute approximate surface area is 111 Å². The van der Waals surface area contributed by atoms with Gasteiger partial charge in [0.2, 0.25) is 0 Å². The van der Waals surface area contributed by atoms with Gasteiger partial charge in [-0.1, -0.05) is 18.2 Å². The molecule has 2 aromatic heterocycles. The van der Waals surface area contributed by atoms with Crippen molar-refractivity contribution in [1.29, 1.82) is 0 Å². The van der Waals surface area contributed by atoms with Gasteiger partial charge in [0, 0.05) is 30.2 Å². The summed E-state index contributed by atoms with van der Waals surface area (Å²) in [4.78, 5) is 8.94. The van der Waals surface area contributed by atoms with E-state index in [9.17, 15) is 0 Å². The molecule has 0 radical (unpaired) electrons. The number of pyridine rings is 1. The highest BCUT2D eigenvalue weighted by Gasteiger charge is 2.16. The summed E-state index contributed by atoms with van der Waals surface area (Å²) in [5.74, 6) is 1.11. The lowest BCUT2D eigenvalue weighted by atomic mass is 10.1. The van der Waals surface area contributed by atoms with Crippen molar-refractivity contribution in [1.82, 2.24) is 19.9 Å². The van der Waals surface area contributed by atoms with Crippen molar-refractivity contribution in [3.05, 3.63) is 48.5 Å². The summed E-state index contributed by atoms with van der Waals surface area (Å²) in [6.45, 7) is 2.82. The van der Waals surface area contributed by atoms with E-state index in [4.69, 9.17) is 0 Å². The average Bonchev–Trinajstić information content (AvgIpc) is 2.90. The van der Waals surface area contributed by atoms with Crippen LogP contribution in [0.25, 0.3) is 22.2 Å². The second-order valence-electron chi connectivity index (χ2n) is 4.76. The summed E-state index contributed by atoms with van der Waals surface area (Å²) >= 11 is 0. The fourth-order valence-corrected chi connectivity index (χ4v) is 2.74. The highest BCUT2D eigenvalue weighted by molar-refractivity contribution is 5.93. The molecule has 1 N–H and O–H groups in total. The quantitative estimate of drug-likeness (QED) is 0.720. The van der Waals surface area contributed by atoms with Crippen molar-refractivity contribution in [2.24, 2.45) is 0 Å². The fourth-order valence-electron chi connectivity index (χ4n) is 2.74. The van der Waals surface area contributed by atoms with Gasteiger partial charge in [0.1, 0.15) is 5.82 Å². The lowest BCUT2D eigenvalue weighted by Crippen LogP contribution is -2.28. The molecule has 0 saturated carbocycles. The van der Waals surface area contributed by atoms with Crippen molar-refractivity contribution in [3.8, 4) is 11.3 Å². The molecule has 1 aromatic carbocycles. The predicted molar refractivity (Wildman–Crippen MR) is 74.7 cm³/mol. The Kier molecular flexibility index (Phi) is 2.35.